The lowest BCUT2D eigenvalue weighted by atomic mass is 10.2. The van der Waals surface area contributed by atoms with E-state index in [1.807, 2.05) is 30.9 Å². The normalized spacial score (nSPS) is 18.0. The average molecular weight is 312 g/mol. The van der Waals surface area contributed by atoms with Crippen molar-refractivity contribution in [2.45, 2.75) is 20.0 Å². The summed E-state index contributed by atoms with van der Waals surface area (Å²) in [5.74, 6) is 0.127. The van der Waals surface area contributed by atoms with Crippen LogP contribution in [0.15, 0.2) is 12.1 Å². The van der Waals surface area contributed by atoms with E-state index in [1.54, 1.807) is 11.3 Å². The second-order valence-electron chi connectivity index (χ2n) is 5.32. The van der Waals surface area contributed by atoms with Crippen molar-refractivity contribution in [3.05, 3.63) is 21.9 Å². The number of thiophene rings is 1. The summed E-state index contributed by atoms with van der Waals surface area (Å²) < 4.78 is 5.22. The molecule has 0 aliphatic carbocycles. The predicted molar refractivity (Wildman–Crippen MR) is 83.9 cm³/mol. The number of rotatable bonds is 6. The van der Waals surface area contributed by atoms with Crippen LogP contribution in [-0.2, 0) is 4.74 Å². The molecule has 1 aromatic rings. The van der Waals surface area contributed by atoms with Crippen LogP contribution < -0.4 is 0 Å². The van der Waals surface area contributed by atoms with Gasteiger partial charge in [0, 0.05) is 44.2 Å². The molecule has 1 N–H and O–H groups in total. The zero-order chi connectivity index (χ0) is 15.2. The fourth-order valence-electron chi connectivity index (χ4n) is 2.44. The minimum atomic E-state index is -0.452. The van der Waals surface area contributed by atoms with Crippen molar-refractivity contribution in [2.24, 2.45) is 0 Å². The van der Waals surface area contributed by atoms with Crippen LogP contribution in [0.25, 0.3) is 0 Å². The standard InChI is InChI=1S/C15H24N2O3S/c1-3-20-11-13(18)10-16-6-8-17(9-7-16)15(19)14-5-4-12(2)21-14/h4-5,13,18H,3,6-11H2,1-2H3/t13-/m1/s1. The first-order valence-corrected chi connectivity index (χ1v) is 8.25. The summed E-state index contributed by atoms with van der Waals surface area (Å²) in [6, 6.07) is 3.89. The molecule has 1 atom stereocenters. The molecular formula is C15H24N2O3S. The van der Waals surface area contributed by atoms with Gasteiger partial charge in [0.1, 0.15) is 0 Å². The third kappa shape index (κ3) is 4.78. The minimum absolute atomic E-state index is 0.127. The second kappa shape index (κ2) is 7.89. The zero-order valence-electron chi connectivity index (χ0n) is 12.7. The molecule has 0 aromatic carbocycles. The first kappa shape index (κ1) is 16.4. The molecule has 0 spiro atoms. The van der Waals surface area contributed by atoms with Gasteiger partial charge in [-0.05, 0) is 26.0 Å². The number of aliphatic hydroxyl groups excluding tert-OH is 1. The lowest BCUT2D eigenvalue weighted by molar-refractivity contribution is 0.0112. The average Bonchev–Trinajstić information content (AvgIpc) is 2.92. The molecule has 1 amide bonds. The summed E-state index contributed by atoms with van der Waals surface area (Å²) in [5, 5.41) is 9.84. The van der Waals surface area contributed by atoms with Crippen LogP contribution in [0.3, 0.4) is 0 Å². The van der Waals surface area contributed by atoms with Crippen molar-refractivity contribution in [3.63, 3.8) is 0 Å². The van der Waals surface area contributed by atoms with E-state index in [0.29, 0.717) is 19.8 Å². The van der Waals surface area contributed by atoms with Crippen LogP contribution in [0, 0.1) is 6.92 Å². The Morgan fingerprint density at radius 1 is 1.38 bits per heavy atom. The molecule has 1 aliphatic heterocycles. The van der Waals surface area contributed by atoms with E-state index in [2.05, 4.69) is 4.90 Å². The number of aryl methyl sites for hydroxylation is 1. The number of carbonyl (C=O) groups excluding carboxylic acids is 1. The molecular weight excluding hydrogens is 288 g/mol. The molecule has 6 heteroatoms. The summed E-state index contributed by atoms with van der Waals surface area (Å²) in [4.78, 5) is 18.4. The lowest BCUT2D eigenvalue weighted by Gasteiger charge is -2.35. The van der Waals surface area contributed by atoms with Crippen molar-refractivity contribution in [1.29, 1.82) is 0 Å². The van der Waals surface area contributed by atoms with Crippen LogP contribution in [0.1, 0.15) is 21.5 Å². The van der Waals surface area contributed by atoms with Gasteiger partial charge in [-0.1, -0.05) is 0 Å². The number of nitrogens with zero attached hydrogens (tertiary/aromatic N) is 2. The van der Waals surface area contributed by atoms with E-state index in [0.717, 1.165) is 35.9 Å². The lowest BCUT2D eigenvalue weighted by Crippen LogP contribution is -2.50. The Balaban J connectivity index is 1.76. The van der Waals surface area contributed by atoms with Crippen molar-refractivity contribution in [1.82, 2.24) is 9.80 Å². The molecule has 0 unspecified atom stereocenters. The van der Waals surface area contributed by atoms with Crippen LogP contribution in [0.2, 0.25) is 0 Å². The fraction of sp³-hybridized carbons (Fsp3) is 0.667. The van der Waals surface area contributed by atoms with Gasteiger partial charge in [0.05, 0.1) is 17.6 Å². The van der Waals surface area contributed by atoms with Gasteiger partial charge < -0.3 is 14.7 Å². The smallest absolute Gasteiger partial charge is 0.264 e. The first-order valence-electron chi connectivity index (χ1n) is 7.44. The van der Waals surface area contributed by atoms with Crippen molar-refractivity contribution in [2.75, 3.05) is 45.9 Å². The fourth-order valence-corrected chi connectivity index (χ4v) is 3.28. The van der Waals surface area contributed by atoms with Crippen molar-refractivity contribution in [3.8, 4) is 0 Å². The molecule has 5 nitrogen and oxygen atoms in total. The number of aliphatic hydroxyl groups is 1. The maximum Gasteiger partial charge on any atom is 0.264 e. The van der Waals surface area contributed by atoms with Gasteiger partial charge in [-0.3, -0.25) is 9.69 Å². The minimum Gasteiger partial charge on any atom is -0.389 e. The molecule has 21 heavy (non-hydrogen) atoms. The Morgan fingerprint density at radius 2 is 2.10 bits per heavy atom. The summed E-state index contributed by atoms with van der Waals surface area (Å²) in [6.07, 6.45) is -0.452. The summed E-state index contributed by atoms with van der Waals surface area (Å²) in [5.41, 5.74) is 0. The van der Waals surface area contributed by atoms with Gasteiger partial charge in [-0.25, -0.2) is 0 Å². The predicted octanol–water partition coefficient (Wildman–Crippen LogP) is 1.21. The molecule has 0 saturated carbocycles. The molecule has 2 rings (SSSR count). The number of β-amino-alcohol motifs (C(OH)–C–C–N with tert-alkyl or cyclic N) is 1. The van der Waals surface area contributed by atoms with Gasteiger partial charge in [0.25, 0.3) is 5.91 Å². The van der Waals surface area contributed by atoms with Gasteiger partial charge in [0.15, 0.2) is 0 Å². The number of ether oxygens (including phenoxy) is 1. The molecule has 0 bridgehead atoms. The summed E-state index contributed by atoms with van der Waals surface area (Å²) in [7, 11) is 0. The van der Waals surface area contributed by atoms with E-state index in [9.17, 15) is 9.90 Å². The third-order valence-corrected chi connectivity index (χ3v) is 4.58. The third-order valence-electron chi connectivity index (χ3n) is 3.59. The van der Waals surface area contributed by atoms with Crippen LogP contribution in [0.5, 0.6) is 0 Å². The Morgan fingerprint density at radius 3 is 2.67 bits per heavy atom. The van der Waals surface area contributed by atoms with Gasteiger partial charge >= 0.3 is 0 Å². The highest BCUT2D eigenvalue weighted by atomic mass is 32.1. The molecule has 1 aromatic heterocycles. The maximum atomic E-state index is 12.3. The van der Waals surface area contributed by atoms with E-state index in [4.69, 9.17) is 4.74 Å². The summed E-state index contributed by atoms with van der Waals surface area (Å²) in [6.45, 7) is 8.60. The van der Waals surface area contributed by atoms with E-state index in [-0.39, 0.29) is 5.91 Å². The quantitative estimate of drug-likeness (QED) is 0.858. The first-order chi connectivity index (χ1) is 10.1. The molecule has 1 fully saturated rings. The highest BCUT2D eigenvalue weighted by Gasteiger charge is 2.24. The number of amides is 1. The van der Waals surface area contributed by atoms with Crippen molar-refractivity contribution < 1.29 is 14.6 Å². The highest BCUT2D eigenvalue weighted by molar-refractivity contribution is 7.13. The van der Waals surface area contributed by atoms with Crippen LogP contribution in [-0.4, -0.2) is 72.9 Å². The largest absolute Gasteiger partial charge is 0.389 e. The van der Waals surface area contributed by atoms with Gasteiger partial charge in [-0.2, -0.15) is 0 Å². The topological polar surface area (TPSA) is 53.0 Å². The Hall–Kier alpha value is -0.950. The van der Waals surface area contributed by atoms with E-state index in [1.165, 1.54) is 0 Å². The van der Waals surface area contributed by atoms with Crippen molar-refractivity contribution >= 4 is 17.2 Å². The maximum absolute atomic E-state index is 12.3. The monoisotopic (exact) mass is 312 g/mol. The van der Waals surface area contributed by atoms with Gasteiger partial charge in [0.2, 0.25) is 0 Å². The van der Waals surface area contributed by atoms with E-state index < -0.39 is 6.10 Å². The van der Waals surface area contributed by atoms with Crippen LogP contribution in [0.4, 0.5) is 0 Å². The number of hydrogen-bond donors (Lipinski definition) is 1. The van der Waals surface area contributed by atoms with E-state index >= 15 is 0 Å². The molecule has 1 saturated heterocycles. The molecule has 118 valence electrons. The zero-order valence-corrected chi connectivity index (χ0v) is 13.6. The summed E-state index contributed by atoms with van der Waals surface area (Å²) >= 11 is 1.55. The Bertz CT molecular complexity index is 456. The van der Waals surface area contributed by atoms with Crippen LogP contribution >= 0.6 is 11.3 Å². The molecule has 1 aliphatic rings. The SMILES string of the molecule is CCOC[C@H](O)CN1CCN(C(=O)c2ccc(C)s2)CC1. The Kier molecular flexibility index (Phi) is 6.17. The van der Waals surface area contributed by atoms with Gasteiger partial charge in [-0.15, -0.1) is 11.3 Å². The highest BCUT2D eigenvalue weighted by Crippen LogP contribution is 2.18. The second-order valence-corrected chi connectivity index (χ2v) is 6.60. The number of carbonyl (C=O) groups is 1. The number of hydrogen-bond acceptors (Lipinski definition) is 5. The molecule has 0 radical (unpaired) electrons. The number of piperazine rings is 1. The molecule has 2 heterocycles. The Labute approximate surface area is 130 Å².